The Kier molecular flexibility index (Phi) is 6.53. The summed E-state index contributed by atoms with van der Waals surface area (Å²) in [6.45, 7) is 6.14. The van der Waals surface area contributed by atoms with E-state index >= 15 is 0 Å². The van der Waals surface area contributed by atoms with Gasteiger partial charge in [-0.2, -0.15) is 0 Å². The molecule has 1 rings (SSSR count). The highest BCUT2D eigenvalue weighted by Gasteiger charge is 1.96. The summed E-state index contributed by atoms with van der Waals surface area (Å²) in [5.74, 6) is 1.13. The summed E-state index contributed by atoms with van der Waals surface area (Å²) in [5.41, 5.74) is 7.02. The molecule has 1 aromatic carbocycles. The summed E-state index contributed by atoms with van der Waals surface area (Å²) in [4.78, 5) is 1.35. The first kappa shape index (κ1) is 13.6. The molecule has 2 nitrogen and oxygen atoms in total. The van der Waals surface area contributed by atoms with Crippen molar-refractivity contribution in [3.05, 3.63) is 29.8 Å². The normalized spacial score (nSPS) is 12.7. The lowest BCUT2D eigenvalue weighted by atomic mass is 10.2. The molecule has 0 saturated heterocycles. The van der Waals surface area contributed by atoms with Crippen LogP contribution in [0.2, 0.25) is 0 Å². The summed E-state index contributed by atoms with van der Waals surface area (Å²) in [6.07, 6.45) is 1.03. The number of hydrogen-bond donors (Lipinski definition) is 2. The van der Waals surface area contributed by atoms with Crippen molar-refractivity contribution in [2.45, 2.75) is 37.8 Å². The maximum absolute atomic E-state index is 5.68. The minimum Gasteiger partial charge on any atom is -0.328 e. The molecule has 1 unspecified atom stereocenters. The molecule has 0 aromatic heterocycles. The van der Waals surface area contributed by atoms with Crippen molar-refractivity contribution >= 4 is 11.8 Å². The first-order valence-corrected chi connectivity index (χ1v) is 6.89. The van der Waals surface area contributed by atoms with E-state index in [9.17, 15) is 0 Å². The van der Waals surface area contributed by atoms with Crippen LogP contribution in [0.1, 0.15) is 25.8 Å². The maximum atomic E-state index is 5.68. The number of thioether (sulfide) groups is 1. The van der Waals surface area contributed by atoms with Gasteiger partial charge in [-0.1, -0.05) is 19.1 Å². The Balaban J connectivity index is 2.26. The Hall–Kier alpha value is -0.510. The van der Waals surface area contributed by atoms with E-state index in [2.05, 4.69) is 36.5 Å². The fourth-order valence-corrected chi connectivity index (χ4v) is 2.09. The average Bonchev–Trinajstić information content (AvgIpc) is 2.27. The number of hydrogen-bond acceptors (Lipinski definition) is 3. The second kappa shape index (κ2) is 7.71. The first-order valence-electron chi connectivity index (χ1n) is 5.90. The third-order valence-electron chi connectivity index (χ3n) is 2.34. The highest BCUT2D eigenvalue weighted by Crippen LogP contribution is 2.17. The van der Waals surface area contributed by atoms with Crippen LogP contribution < -0.4 is 11.1 Å². The van der Waals surface area contributed by atoms with Gasteiger partial charge in [0.25, 0.3) is 0 Å². The molecule has 3 N–H and O–H groups in total. The van der Waals surface area contributed by atoms with Crippen LogP contribution in [0.5, 0.6) is 0 Å². The van der Waals surface area contributed by atoms with Gasteiger partial charge in [-0.15, -0.1) is 11.8 Å². The van der Waals surface area contributed by atoms with Gasteiger partial charge < -0.3 is 11.1 Å². The molecule has 0 aliphatic rings. The summed E-state index contributed by atoms with van der Waals surface area (Å²) in [5, 5.41) is 3.40. The van der Waals surface area contributed by atoms with E-state index in [1.165, 1.54) is 10.5 Å². The van der Waals surface area contributed by atoms with Gasteiger partial charge in [-0.3, -0.25) is 0 Å². The van der Waals surface area contributed by atoms with Crippen molar-refractivity contribution in [3.8, 4) is 0 Å². The lowest BCUT2D eigenvalue weighted by Gasteiger charge is -2.07. The highest BCUT2D eigenvalue weighted by atomic mass is 32.2. The third-order valence-corrected chi connectivity index (χ3v) is 3.23. The zero-order valence-corrected chi connectivity index (χ0v) is 11.0. The van der Waals surface area contributed by atoms with E-state index < -0.39 is 0 Å². The quantitative estimate of drug-likeness (QED) is 0.566. The van der Waals surface area contributed by atoms with E-state index in [1.807, 2.05) is 18.7 Å². The Morgan fingerprint density at radius 1 is 1.31 bits per heavy atom. The van der Waals surface area contributed by atoms with Gasteiger partial charge in [0.2, 0.25) is 0 Å². The minimum absolute atomic E-state index is 0.288. The maximum Gasteiger partial charge on any atom is 0.0205 e. The molecular weight excluding hydrogens is 216 g/mol. The van der Waals surface area contributed by atoms with E-state index in [4.69, 9.17) is 5.73 Å². The van der Waals surface area contributed by atoms with Crippen LogP contribution in [0, 0.1) is 0 Å². The van der Waals surface area contributed by atoms with Crippen molar-refractivity contribution in [3.63, 3.8) is 0 Å². The van der Waals surface area contributed by atoms with Gasteiger partial charge in [0.15, 0.2) is 0 Å². The fraction of sp³-hybridized carbons (Fsp3) is 0.538. The van der Waals surface area contributed by atoms with Gasteiger partial charge >= 0.3 is 0 Å². The predicted octanol–water partition coefficient (Wildman–Crippen LogP) is 2.63. The second-order valence-corrected chi connectivity index (χ2v) is 5.36. The molecule has 1 aromatic rings. The van der Waals surface area contributed by atoms with Gasteiger partial charge in [0, 0.05) is 17.5 Å². The third kappa shape index (κ3) is 5.54. The molecule has 0 spiro atoms. The summed E-state index contributed by atoms with van der Waals surface area (Å²) in [7, 11) is 0. The van der Waals surface area contributed by atoms with Crippen LogP contribution in [-0.2, 0) is 6.54 Å². The van der Waals surface area contributed by atoms with Gasteiger partial charge in [-0.05, 0) is 43.3 Å². The SMILES string of the molecule is CCSc1ccc(CNCCC(C)N)cc1. The van der Waals surface area contributed by atoms with E-state index in [-0.39, 0.29) is 6.04 Å². The van der Waals surface area contributed by atoms with Gasteiger partial charge in [0.1, 0.15) is 0 Å². The van der Waals surface area contributed by atoms with Crippen molar-refractivity contribution in [2.75, 3.05) is 12.3 Å². The van der Waals surface area contributed by atoms with E-state index in [0.717, 1.165) is 25.3 Å². The average molecular weight is 238 g/mol. The van der Waals surface area contributed by atoms with Crippen LogP contribution in [-0.4, -0.2) is 18.3 Å². The van der Waals surface area contributed by atoms with E-state index in [0.29, 0.717) is 0 Å². The lowest BCUT2D eigenvalue weighted by molar-refractivity contribution is 0.589. The molecule has 0 bridgehead atoms. The van der Waals surface area contributed by atoms with Gasteiger partial charge in [-0.25, -0.2) is 0 Å². The molecule has 16 heavy (non-hydrogen) atoms. The largest absolute Gasteiger partial charge is 0.328 e. The standard InChI is InChI=1S/C13H22N2S/c1-3-16-13-6-4-12(5-7-13)10-15-9-8-11(2)14/h4-7,11,15H,3,8-10,14H2,1-2H3. The molecule has 0 aliphatic carbocycles. The predicted molar refractivity (Wildman–Crippen MR) is 72.8 cm³/mol. The van der Waals surface area contributed by atoms with Crippen LogP contribution in [0.25, 0.3) is 0 Å². The summed E-state index contributed by atoms with van der Waals surface area (Å²) < 4.78 is 0. The number of nitrogens with one attached hydrogen (secondary N) is 1. The Labute approximate surface area is 103 Å². The molecule has 3 heteroatoms. The minimum atomic E-state index is 0.288. The monoisotopic (exact) mass is 238 g/mol. The lowest BCUT2D eigenvalue weighted by Crippen LogP contribution is -2.23. The number of benzene rings is 1. The second-order valence-electron chi connectivity index (χ2n) is 4.02. The van der Waals surface area contributed by atoms with Crippen molar-refractivity contribution in [1.29, 1.82) is 0 Å². The Morgan fingerprint density at radius 3 is 2.56 bits per heavy atom. The Bertz CT molecular complexity index is 282. The molecule has 0 radical (unpaired) electrons. The molecule has 0 aliphatic heterocycles. The van der Waals surface area contributed by atoms with Crippen LogP contribution >= 0.6 is 11.8 Å². The zero-order chi connectivity index (χ0) is 11.8. The fourth-order valence-electron chi connectivity index (χ4n) is 1.43. The summed E-state index contributed by atoms with van der Waals surface area (Å²) >= 11 is 1.88. The smallest absolute Gasteiger partial charge is 0.0205 e. The molecule has 0 saturated carbocycles. The molecule has 0 fully saturated rings. The van der Waals surface area contributed by atoms with E-state index in [1.54, 1.807) is 0 Å². The van der Waals surface area contributed by atoms with Crippen molar-refractivity contribution in [2.24, 2.45) is 5.73 Å². The topological polar surface area (TPSA) is 38.0 Å². The first-order chi connectivity index (χ1) is 7.72. The van der Waals surface area contributed by atoms with Gasteiger partial charge in [0.05, 0.1) is 0 Å². The van der Waals surface area contributed by atoms with Crippen LogP contribution in [0.4, 0.5) is 0 Å². The summed E-state index contributed by atoms with van der Waals surface area (Å²) in [6, 6.07) is 9.05. The van der Waals surface area contributed by atoms with Crippen molar-refractivity contribution in [1.82, 2.24) is 5.32 Å². The Morgan fingerprint density at radius 2 is 2.00 bits per heavy atom. The van der Waals surface area contributed by atoms with Crippen LogP contribution in [0.3, 0.4) is 0 Å². The number of rotatable bonds is 7. The molecule has 0 amide bonds. The molecular formula is C13H22N2S. The van der Waals surface area contributed by atoms with Crippen LogP contribution in [0.15, 0.2) is 29.2 Å². The van der Waals surface area contributed by atoms with Crippen molar-refractivity contribution < 1.29 is 0 Å². The molecule has 1 atom stereocenters. The number of nitrogens with two attached hydrogens (primary N) is 1. The molecule has 90 valence electrons. The zero-order valence-electron chi connectivity index (χ0n) is 10.2. The molecule has 0 heterocycles. The highest BCUT2D eigenvalue weighted by molar-refractivity contribution is 7.99.